The van der Waals surface area contributed by atoms with E-state index in [2.05, 4.69) is 17.1 Å². The van der Waals surface area contributed by atoms with Crippen molar-refractivity contribution in [2.45, 2.75) is 56.8 Å². The number of aromatic nitrogens is 3. The van der Waals surface area contributed by atoms with Crippen LogP contribution >= 0.6 is 11.8 Å². The van der Waals surface area contributed by atoms with E-state index < -0.39 is 0 Å². The first-order valence-electron chi connectivity index (χ1n) is 9.60. The Hall–Kier alpha value is -2.02. The van der Waals surface area contributed by atoms with Crippen molar-refractivity contribution < 1.29 is 9.53 Å². The van der Waals surface area contributed by atoms with Gasteiger partial charge < -0.3 is 14.2 Å². The summed E-state index contributed by atoms with van der Waals surface area (Å²) < 4.78 is 7.49. The highest BCUT2D eigenvalue weighted by molar-refractivity contribution is 7.99. The highest BCUT2D eigenvalue weighted by Crippen LogP contribution is 2.31. The summed E-state index contributed by atoms with van der Waals surface area (Å²) in [5.74, 6) is 2.09. The van der Waals surface area contributed by atoms with Crippen LogP contribution in [-0.4, -0.2) is 51.5 Å². The SMILES string of the molecule is CCn1c(SCC(=O)N(C)C2CCCCC2)nnc1-c1ccccc1OC. The molecule has 1 saturated carbocycles. The van der Waals surface area contributed by atoms with Crippen molar-refractivity contribution in [3.05, 3.63) is 24.3 Å². The quantitative estimate of drug-likeness (QED) is 0.674. The number of rotatable bonds is 7. The van der Waals surface area contributed by atoms with Gasteiger partial charge in [-0.25, -0.2) is 0 Å². The number of ether oxygens (including phenoxy) is 1. The molecule has 1 aromatic heterocycles. The number of carbonyl (C=O) groups is 1. The Bertz CT molecular complexity index is 771. The Morgan fingerprint density at radius 2 is 2.00 bits per heavy atom. The fraction of sp³-hybridized carbons (Fsp3) is 0.550. The second-order valence-electron chi connectivity index (χ2n) is 6.84. The van der Waals surface area contributed by atoms with Gasteiger partial charge in [-0.3, -0.25) is 4.79 Å². The molecule has 0 atom stereocenters. The lowest BCUT2D eigenvalue weighted by Gasteiger charge is -2.31. The summed E-state index contributed by atoms with van der Waals surface area (Å²) in [4.78, 5) is 14.6. The zero-order valence-corrected chi connectivity index (χ0v) is 17.2. The number of carbonyl (C=O) groups excluding carboxylic acids is 1. The van der Waals surface area contributed by atoms with E-state index in [0.717, 1.165) is 41.7 Å². The van der Waals surface area contributed by atoms with Crippen LogP contribution in [-0.2, 0) is 11.3 Å². The predicted molar refractivity (Wildman–Crippen MR) is 108 cm³/mol. The molecule has 1 heterocycles. The maximum atomic E-state index is 12.6. The minimum absolute atomic E-state index is 0.163. The zero-order chi connectivity index (χ0) is 19.2. The highest BCUT2D eigenvalue weighted by atomic mass is 32.2. The van der Waals surface area contributed by atoms with E-state index in [1.54, 1.807) is 7.11 Å². The second-order valence-corrected chi connectivity index (χ2v) is 7.78. The lowest BCUT2D eigenvalue weighted by molar-refractivity contribution is -0.129. The number of methoxy groups -OCH3 is 1. The van der Waals surface area contributed by atoms with Crippen LogP contribution in [0.25, 0.3) is 11.4 Å². The molecule has 0 N–H and O–H groups in total. The molecule has 1 fully saturated rings. The number of thioether (sulfide) groups is 1. The van der Waals surface area contributed by atoms with Crippen molar-refractivity contribution in [2.75, 3.05) is 19.9 Å². The number of nitrogens with zero attached hydrogens (tertiary/aromatic N) is 4. The van der Waals surface area contributed by atoms with Crippen LogP contribution in [0.5, 0.6) is 5.75 Å². The van der Waals surface area contributed by atoms with Gasteiger partial charge in [-0.1, -0.05) is 43.2 Å². The van der Waals surface area contributed by atoms with E-state index in [-0.39, 0.29) is 5.91 Å². The molecular weight excluding hydrogens is 360 g/mol. The first kappa shape index (κ1) is 19.7. The van der Waals surface area contributed by atoms with Gasteiger partial charge in [-0.2, -0.15) is 0 Å². The predicted octanol–water partition coefficient (Wildman–Crippen LogP) is 3.86. The van der Waals surface area contributed by atoms with E-state index in [0.29, 0.717) is 11.8 Å². The molecule has 2 aromatic rings. The third kappa shape index (κ3) is 4.46. The monoisotopic (exact) mass is 388 g/mol. The Balaban J connectivity index is 1.70. The molecule has 0 spiro atoms. The summed E-state index contributed by atoms with van der Waals surface area (Å²) >= 11 is 1.46. The standard InChI is InChI=1S/C20H28N4O2S/c1-4-24-19(16-12-8-9-13-17(16)26-3)21-22-20(24)27-14-18(25)23(2)15-10-6-5-7-11-15/h8-9,12-13,15H,4-7,10-11,14H2,1-3H3. The Labute approximate surface area is 165 Å². The van der Waals surface area contributed by atoms with Crippen molar-refractivity contribution in [2.24, 2.45) is 0 Å². The number of hydrogen-bond donors (Lipinski definition) is 0. The number of hydrogen-bond acceptors (Lipinski definition) is 5. The molecular formula is C20H28N4O2S. The van der Waals surface area contributed by atoms with Gasteiger partial charge in [-0.15, -0.1) is 10.2 Å². The molecule has 0 radical (unpaired) electrons. The van der Waals surface area contributed by atoms with Crippen LogP contribution in [0.2, 0.25) is 0 Å². The van der Waals surface area contributed by atoms with Gasteiger partial charge in [0.15, 0.2) is 11.0 Å². The maximum Gasteiger partial charge on any atom is 0.233 e. The molecule has 27 heavy (non-hydrogen) atoms. The van der Waals surface area contributed by atoms with E-state index in [1.807, 2.05) is 40.8 Å². The first-order valence-corrected chi connectivity index (χ1v) is 10.6. The molecule has 0 unspecified atom stereocenters. The fourth-order valence-corrected chi connectivity index (χ4v) is 4.54. The largest absolute Gasteiger partial charge is 0.496 e. The van der Waals surface area contributed by atoms with Crippen molar-refractivity contribution in [1.82, 2.24) is 19.7 Å². The summed E-state index contributed by atoms with van der Waals surface area (Å²) in [5.41, 5.74) is 0.909. The van der Waals surface area contributed by atoms with E-state index in [9.17, 15) is 4.79 Å². The van der Waals surface area contributed by atoms with E-state index >= 15 is 0 Å². The average molecular weight is 389 g/mol. The van der Waals surface area contributed by atoms with Crippen LogP contribution in [0.1, 0.15) is 39.0 Å². The number of benzene rings is 1. The van der Waals surface area contributed by atoms with E-state index in [1.165, 1.54) is 31.0 Å². The maximum absolute atomic E-state index is 12.6. The van der Waals surface area contributed by atoms with Crippen LogP contribution in [0.15, 0.2) is 29.4 Å². The molecule has 0 bridgehead atoms. The summed E-state index contributed by atoms with van der Waals surface area (Å²) in [5, 5.41) is 9.47. The van der Waals surface area contributed by atoms with Gasteiger partial charge in [0, 0.05) is 19.6 Å². The van der Waals surface area contributed by atoms with Crippen LogP contribution < -0.4 is 4.74 Å². The molecule has 1 aliphatic rings. The topological polar surface area (TPSA) is 60.2 Å². The van der Waals surface area contributed by atoms with Crippen molar-refractivity contribution in [3.63, 3.8) is 0 Å². The van der Waals surface area contributed by atoms with Gasteiger partial charge in [-0.05, 0) is 31.9 Å². The molecule has 1 aromatic carbocycles. The van der Waals surface area contributed by atoms with Crippen LogP contribution in [0.3, 0.4) is 0 Å². The average Bonchev–Trinajstić information content (AvgIpc) is 3.14. The van der Waals surface area contributed by atoms with Gasteiger partial charge in [0.1, 0.15) is 5.75 Å². The Kier molecular flexibility index (Phi) is 6.77. The fourth-order valence-electron chi connectivity index (χ4n) is 3.61. The highest BCUT2D eigenvalue weighted by Gasteiger charge is 2.23. The molecule has 0 aliphatic heterocycles. The molecule has 0 saturated heterocycles. The Morgan fingerprint density at radius 1 is 1.26 bits per heavy atom. The van der Waals surface area contributed by atoms with E-state index in [4.69, 9.17) is 4.74 Å². The van der Waals surface area contributed by atoms with Crippen molar-refractivity contribution in [3.8, 4) is 17.1 Å². The summed E-state index contributed by atoms with van der Waals surface area (Å²) in [6.45, 7) is 2.79. The van der Waals surface area contributed by atoms with Gasteiger partial charge in [0.25, 0.3) is 0 Å². The van der Waals surface area contributed by atoms with Crippen LogP contribution in [0, 0.1) is 0 Å². The third-order valence-corrected chi connectivity index (χ3v) is 6.17. The zero-order valence-electron chi connectivity index (χ0n) is 16.4. The Morgan fingerprint density at radius 3 is 2.70 bits per heavy atom. The van der Waals surface area contributed by atoms with Gasteiger partial charge in [0.2, 0.25) is 5.91 Å². The number of para-hydroxylation sites is 1. The van der Waals surface area contributed by atoms with Crippen LogP contribution in [0.4, 0.5) is 0 Å². The number of amides is 1. The lowest BCUT2D eigenvalue weighted by Crippen LogP contribution is -2.39. The second kappa shape index (κ2) is 9.26. The van der Waals surface area contributed by atoms with Gasteiger partial charge in [0.05, 0.1) is 18.4 Å². The summed E-state index contributed by atoms with van der Waals surface area (Å²) in [6.07, 6.45) is 5.98. The minimum Gasteiger partial charge on any atom is -0.496 e. The third-order valence-electron chi connectivity index (χ3n) is 5.22. The molecule has 1 aliphatic carbocycles. The molecule has 6 nitrogen and oxygen atoms in total. The molecule has 1 amide bonds. The smallest absolute Gasteiger partial charge is 0.233 e. The molecule has 146 valence electrons. The summed E-state index contributed by atoms with van der Waals surface area (Å²) in [6, 6.07) is 8.18. The van der Waals surface area contributed by atoms with Crippen molar-refractivity contribution in [1.29, 1.82) is 0 Å². The molecule has 7 heteroatoms. The lowest BCUT2D eigenvalue weighted by atomic mass is 9.94. The summed E-state index contributed by atoms with van der Waals surface area (Å²) in [7, 11) is 3.59. The normalized spacial score (nSPS) is 14.9. The first-order chi connectivity index (χ1) is 13.2. The van der Waals surface area contributed by atoms with Crippen molar-refractivity contribution >= 4 is 17.7 Å². The minimum atomic E-state index is 0.163. The molecule has 3 rings (SSSR count). The van der Waals surface area contributed by atoms with Gasteiger partial charge >= 0.3 is 0 Å².